The second-order valence-corrected chi connectivity index (χ2v) is 4.12. The molecule has 1 heterocycles. The molecule has 0 aliphatic rings. The predicted octanol–water partition coefficient (Wildman–Crippen LogP) is 2.97. The molecule has 1 aromatic heterocycles. The standard InChI is InChI=1S/C14H18N4/c1-4-8-16-13-11-9-10(3)6-7-12(11)17-14(18-13)15-5-2/h4,6-7,9H,1,5,8H2,2-3H3,(H2,15,16,17,18). The maximum atomic E-state index is 4.49. The van der Waals surface area contributed by atoms with Crippen molar-refractivity contribution in [3.8, 4) is 0 Å². The summed E-state index contributed by atoms with van der Waals surface area (Å²) in [4.78, 5) is 8.97. The Morgan fingerprint density at radius 1 is 1.28 bits per heavy atom. The van der Waals surface area contributed by atoms with Crippen LogP contribution in [0.4, 0.5) is 11.8 Å². The molecule has 0 amide bonds. The SMILES string of the molecule is C=CCNc1nc(NCC)nc2ccc(C)cc12. The van der Waals surface area contributed by atoms with Crippen molar-refractivity contribution in [2.75, 3.05) is 23.7 Å². The first-order chi connectivity index (χ1) is 8.74. The third-order valence-electron chi connectivity index (χ3n) is 2.60. The van der Waals surface area contributed by atoms with E-state index in [1.54, 1.807) is 0 Å². The van der Waals surface area contributed by atoms with E-state index in [2.05, 4.69) is 46.2 Å². The number of fused-ring (bicyclic) bond motifs is 1. The van der Waals surface area contributed by atoms with E-state index in [1.165, 1.54) is 5.56 Å². The average molecular weight is 242 g/mol. The summed E-state index contributed by atoms with van der Waals surface area (Å²) in [5, 5.41) is 7.44. The Morgan fingerprint density at radius 2 is 2.11 bits per heavy atom. The summed E-state index contributed by atoms with van der Waals surface area (Å²) in [6.07, 6.45) is 1.82. The third kappa shape index (κ3) is 2.59. The second kappa shape index (κ2) is 5.49. The first-order valence-electron chi connectivity index (χ1n) is 6.11. The van der Waals surface area contributed by atoms with Crippen molar-refractivity contribution in [1.82, 2.24) is 9.97 Å². The van der Waals surface area contributed by atoms with Crippen LogP contribution in [0.25, 0.3) is 10.9 Å². The van der Waals surface area contributed by atoms with E-state index in [9.17, 15) is 0 Å². The molecule has 0 bridgehead atoms. The molecule has 94 valence electrons. The molecule has 0 atom stereocenters. The number of anilines is 2. The van der Waals surface area contributed by atoms with Crippen LogP contribution in [0.1, 0.15) is 12.5 Å². The molecule has 4 heteroatoms. The first-order valence-corrected chi connectivity index (χ1v) is 6.11. The molecule has 18 heavy (non-hydrogen) atoms. The highest BCUT2D eigenvalue weighted by Gasteiger charge is 2.06. The quantitative estimate of drug-likeness (QED) is 0.791. The van der Waals surface area contributed by atoms with Crippen LogP contribution in [0.15, 0.2) is 30.9 Å². The average Bonchev–Trinajstić information content (AvgIpc) is 2.37. The molecule has 2 N–H and O–H groups in total. The lowest BCUT2D eigenvalue weighted by Crippen LogP contribution is -2.07. The minimum Gasteiger partial charge on any atom is -0.366 e. The lowest BCUT2D eigenvalue weighted by Gasteiger charge is -2.10. The molecule has 4 nitrogen and oxygen atoms in total. The van der Waals surface area contributed by atoms with Gasteiger partial charge in [0.15, 0.2) is 0 Å². The molecule has 0 spiro atoms. The predicted molar refractivity (Wildman–Crippen MR) is 77.1 cm³/mol. The van der Waals surface area contributed by atoms with E-state index in [-0.39, 0.29) is 0 Å². The van der Waals surface area contributed by atoms with Crippen LogP contribution < -0.4 is 10.6 Å². The summed E-state index contributed by atoms with van der Waals surface area (Å²) in [6, 6.07) is 6.17. The fraction of sp³-hybridized carbons (Fsp3) is 0.286. The number of aromatic nitrogens is 2. The molecule has 0 fully saturated rings. The van der Waals surface area contributed by atoms with Gasteiger partial charge in [0.2, 0.25) is 5.95 Å². The molecule has 2 rings (SSSR count). The molecule has 0 saturated carbocycles. The molecule has 1 aromatic carbocycles. The minimum absolute atomic E-state index is 0.653. The number of rotatable bonds is 5. The highest BCUT2D eigenvalue weighted by molar-refractivity contribution is 5.90. The summed E-state index contributed by atoms with van der Waals surface area (Å²) in [5.74, 6) is 1.50. The van der Waals surface area contributed by atoms with Crippen LogP contribution in [0.3, 0.4) is 0 Å². The fourth-order valence-electron chi connectivity index (χ4n) is 1.78. The Morgan fingerprint density at radius 3 is 2.83 bits per heavy atom. The highest BCUT2D eigenvalue weighted by Crippen LogP contribution is 2.23. The van der Waals surface area contributed by atoms with Gasteiger partial charge in [-0.05, 0) is 26.0 Å². The summed E-state index contributed by atoms with van der Waals surface area (Å²) in [5.41, 5.74) is 2.14. The van der Waals surface area contributed by atoms with E-state index in [0.29, 0.717) is 12.5 Å². The number of benzene rings is 1. The molecule has 0 unspecified atom stereocenters. The first kappa shape index (κ1) is 12.4. The van der Waals surface area contributed by atoms with Gasteiger partial charge in [-0.15, -0.1) is 6.58 Å². The number of nitrogens with zero attached hydrogens (tertiary/aromatic N) is 2. The Bertz CT molecular complexity index is 563. The number of aryl methyl sites for hydroxylation is 1. The van der Waals surface area contributed by atoms with Crippen LogP contribution in [0.5, 0.6) is 0 Å². The number of nitrogens with one attached hydrogen (secondary N) is 2. The molecule has 2 aromatic rings. The van der Waals surface area contributed by atoms with E-state index in [1.807, 2.05) is 19.1 Å². The third-order valence-corrected chi connectivity index (χ3v) is 2.60. The lowest BCUT2D eigenvalue weighted by molar-refractivity contribution is 1.10. The van der Waals surface area contributed by atoms with Gasteiger partial charge in [-0.1, -0.05) is 17.7 Å². The monoisotopic (exact) mass is 242 g/mol. The van der Waals surface area contributed by atoms with Gasteiger partial charge >= 0.3 is 0 Å². The minimum atomic E-state index is 0.653. The fourth-order valence-corrected chi connectivity index (χ4v) is 1.78. The van der Waals surface area contributed by atoms with Crippen molar-refractivity contribution in [2.24, 2.45) is 0 Å². The largest absolute Gasteiger partial charge is 0.366 e. The Labute approximate surface area is 107 Å². The van der Waals surface area contributed by atoms with E-state index in [4.69, 9.17) is 0 Å². The molecule has 0 saturated heterocycles. The summed E-state index contributed by atoms with van der Waals surface area (Å²) >= 11 is 0. The maximum Gasteiger partial charge on any atom is 0.225 e. The van der Waals surface area contributed by atoms with Gasteiger partial charge < -0.3 is 10.6 Å². The Balaban J connectivity index is 2.53. The highest BCUT2D eigenvalue weighted by atomic mass is 15.1. The maximum absolute atomic E-state index is 4.49. The number of hydrogen-bond acceptors (Lipinski definition) is 4. The van der Waals surface area contributed by atoms with Gasteiger partial charge in [-0.2, -0.15) is 4.98 Å². The van der Waals surface area contributed by atoms with Crippen molar-refractivity contribution in [3.63, 3.8) is 0 Å². The van der Waals surface area contributed by atoms with Gasteiger partial charge in [0.1, 0.15) is 5.82 Å². The smallest absolute Gasteiger partial charge is 0.225 e. The van der Waals surface area contributed by atoms with Crippen molar-refractivity contribution in [1.29, 1.82) is 0 Å². The van der Waals surface area contributed by atoms with Crippen LogP contribution in [-0.4, -0.2) is 23.1 Å². The lowest BCUT2D eigenvalue weighted by atomic mass is 10.1. The second-order valence-electron chi connectivity index (χ2n) is 4.12. The van der Waals surface area contributed by atoms with E-state index >= 15 is 0 Å². The topological polar surface area (TPSA) is 49.8 Å². The van der Waals surface area contributed by atoms with Crippen molar-refractivity contribution < 1.29 is 0 Å². The summed E-state index contributed by atoms with van der Waals surface area (Å²) < 4.78 is 0. The zero-order chi connectivity index (χ0) is 13.0. The van der Waals surface area contributed by atoms with E-state index in [0.717, 1.165) is 23.3 Å². The zero-order valence-corrected chi connectivity index (χ0v) is 10.8. The normalized spacial score (nSPS) is 10.3. The Hall–Kier alpha value is -2.10. The van der Waals surface area contributed by atoms with Crippen molar-refractivity contribution in [2.45, 2.75) is 13.8 Å². The van der Waals surface area contributed by atoms with Gasteiger partial charge in [-0.25, -0.2) is 4.98 Å². The molecule has 0 radical (unpaired) electrons. The van der Waals surface area contributed by atoms with Gasteiger partial charge in [-0.3, -0.25) is 0 Å². The molecule has 0 aliphatic heterocycles. The summed E-state index contributed by atoms with van der Waals surface area (Å²) in [6.45, 7) is 9.29. The van der Waals surface area contributed by atoms with Crippen LogP contribution in [0, 0.1) is 6.92 Å². The van der Waals surface area contributed by atoms with Crippen LogP contribution in [0.2, 0.25) is 0 Å². The molecular weight excluding hydrogens is 224 g/mol. The van der Waals surface area contributed by atoms with Crippen molar-refractivity contribution >= 4 is 22.7 Å². The van der Waals surface area contributed by atoms with Gasteiger partial charge in [0.25, 0.3) is 0 Å². The van der Waals surface area contributed by atoms with Gasteiger partial charge in [0.05, 0.1) is 5.52 Å². The van der Waals surface area contributed by atoms with Crippen LogP contribution in [-0.2, 0) is 0 Å². The number of hydrogen-bond donors (Lipinski definition) is 2. The van der Waals surface area contributed by atoms with Crippen molar-refractivity contribution in [3.05, 3.63) is 36.4 Å². The van der Waals surface area contributed by atoms with E-state index < -0.39 is 0 Å². The van der Waals surface area contributed by atoms with Crippen LogP contribution >= 0.6 is 0 Å². The zero-order valence-electron chi connectivity index (χ0n) is 10.8. The molecular formula is C14H18N4. The van der Waals surface area contributed by atoms with Gasteiger partial charge in [0, 0.05) is 18.5 Å². The Kier molecular flexibility index (Phi) is 3.77. The summed E-state index contributed by atoms with van der Waals surface area (Å²) in [7, 11) is 0. The molecule has 0 aliphatic carbocycles.